The van der Waals surface area contributed by atoms with Crippen LogP contribution in [0.3, 0.4) is 0 Å². The highest BCUT2D eigenvalue weighted by atomic mass is 32.1. The summed E-state index contributed by atoms with van der Waals surface area (Å²) in [7, 11) is 0. The van der Waals surface area contributed by atoms with Crippen molar-refractivity contribution in [3.05, 3.63) is 51.8 Å². The lowest BCUT2D eigenvalue weighted by atomic mass is 9.88. The molecule has 1 aliphatic rings. The van der Waals surface area contributed by atoms with Gasteiger partial charge in [0.2, 0.25) is 5.91 Å². The summed E-state index contributed by atoms with van der Waals surface area (Å²) in [6.45, 7) is 0.223. The Hall–Kier alpha value is -1.88. The Labute approximate surface area is 121 Å². The normalized spacial score (nSPS) is 17.5. The zero-order valence-corrected chi connectivity index (χ0v) is 12.0. The molecule has 2 aromatic rings. The topological polar surface area (TPSA) is 57.9 Å². The summed E-state index contributed by atoms with van der Waals surface area (Å²) in [5.41, 5.74) is 2.59. The van der Waals surface area contributed by atoms with E-state index in [0.717, 1.165) is 19.3 Å². The van der Waals surface area contributed by atoms with Crippen LogP contribution in [0.1, 0.15) is 30.0 Å². The van der Waals surface area contributed by atoms with Gasteiger partial charge in [-0.3, -0.25) is 10.2 Å². The van der Waals surface area contributed by atoms with Crippen LogP contribution in [0.15, 0.2) is 35.8 Å². The fourth-order valence-corrected chi connectivity index (χ4v) is 3.32. The number of nitrogens with zero attached hydrogens (tertiary/aromatic N) is 1. The van der Waals surface area contributed by atoms with E-state index in [-0.39, 0.29) is 18.5 Å². The quantitative estimate of drug-likeness (QED) is 0.893. The van der Waals surface area contributed by atoms with Crippen LogP contribution < -0.4 is 10.1 Å². The number of rotatable bonds is 3. The maximum absolute atomic E-state index is 12.1. The molecular weight excluding hydrogens is 270 g/mol. The predicted molar refractivity (Wildman–Crippen MR) is 78.4 cm³/mol. The fraction of sp³-hybridized carbons (Fsp3) is 0.333. The van der Waals surface area contributed by atoms with E-state index in [4.69, 9.17) is 5.41 Å². The van der Waals surface area contributed by atoms with Gasteiger partial charge in [-0.25, -0.2) is 0 Å². The number of hydrogen-bond donors (Lipinski definition) is 2. The smallest absolute Gasteiger partial charge is 0.240 e. The number of aromatic nitrogens is 1. The molecule has 1 aromatic carbocycles. The first-order valence-corrected chi connectivity index (χ1v) is 7.68. The van der Waals surface area contributed by atoms with Gasteiger partial charge in [-0.2, -0.15) is 0 Å². The summed E-state index contributed by atoms with van der Waals surface area (Å²) < 4.78 is 1.66. The summed E-state index contributed by atoms with van der Waals surface area (Å²) in [6, 6.07) is 8.44. The number of aryl methyl sites for hydroxylation is 1. The van der Waals surface area contributed by atoms with Crippen molar-refractivity contribution in [2.24, 2.45) is 0 Å². The van der Waals surface area contributed by atoms with Gasteiger partial charge in [-0.15, -0.1) is 11.3 Å². The van der Waals surface area contributed by atoms with Crippen LogP contribution in [0, 0.1) is 5.41 Å². The molecular formula is C15H17N3OS. The Kier molecular flexibility index (Phi) is 3.69. The summed E-state index contributed by atoms with van der Waals surface area (Å²) >= 11 is 1.33. The van der Waals surface area contributed by atoms with Gasteiger partial charge in [-0.05, 0) is 30.4 Å². The highest BCUT2D eigenvalue weighted by molar-refractivity contribution is 7.06. The maximum Gasteiger partial charge on any atom is 0.240 e. The molecule has 0 spiro atoms. The number of nitrogens with one attached hydrogen (secondary N) is 2. The number of carbonyl (C=O) groups excluding carboxylic acids is 1. The average Bonchev–Trinajstić information content (AvgIpc) is 2.85. The second kappa shape index (κ2) is 5.63. The van der Waals surface area contributed by atoms with Crippen molar-refractivity contribution in [2.75, 3.05) is 0 Å². The first kappa shape index (κ1) is 13.1. The lowest BCUT2D eigenvalue weighted by Crippen LogP contribution is -2.34. The fourth-order valence-electron chi connectivity index (χ4n) is 2.73. The largest absolute Gasteiger partial charge is 0.348 e. The van der Waals surface area contributed by atoms with Gasteiger partial charge in [-0.1, -0.05) is 24.3 Å². The van der Waals surface area contributed by atoms with Crippen molar-refractivity contribution >= 4 is 17.2 Å². The average molecular weight is 287 g/mol. The minimum Gasteiger partial charge on any atom is -0.348 e. The van der Waals surface area contributed by atoms with Crippen molar-refractivity contribution in [3.8, 4) is 0 Å². The monoisotopic (exact) mass is 287 g/mol. The van der Waals surface area contributed by atoms with E-state index in [0.29, 0.717) is 4.80 Å². The van der Waals surface area contributed by atoms with E-state index in [1.807, 2.05) is 11.4 Å². The molecule has 0 saturated carbocycles. The third kappa shape index (κ3) is 2.67. The molecule has 0 unspecified atom stereocenters. The molecule has 104 valence electrons. The molecule has 1 heterocycles. The minimum atomic E-state index is -0.0244. The van der Waals surface area contributed by atoms with E-state index in [2.05, 4.69) is 23.5 Å². The van der Waals surface area contributed by atoms with E-state index < -0.39 is 0 Å². The Balaban J connectivity index is 1.71. The highest BCUT2D eigenvalue weighted by Crippen LogP contribution is 2.29. The lowest BCUT2D eigenvalue weighted by Gasteiger charge is -2.26. The van der Waals surface area contributed by atoms with Gasteiger partial charge < -0.3 is 9.88 Å². The second-order valence-electron chi connectivity index (χ2n) is 5.05. The third-order valence-electron chi connectivity index (χ3n) is 3.70. The van der Waals surface area contributed by atoms with Gasteiger partial charge in [0.1, 0.15) is 6.54 Å². The SMILES string of the molecule is N=c1sccn1CC(=O)N[C@H]1CCCc2ccccc21. The number of thiazole rings is 1. The Morgan fingerprint density at radius 3 is 3.10 bits per heavy atom. The lowest BCUT2D eigenvalue weighted by molar-refractivity contribution is -0.122. The summed E-state index contributed by atoms with van der Waals surface area (Å²) in [5, 5.41) is 12.6. The van der Waals surface area contributed by atoms with Gasteiger partial charge in [0.15, 0.2) is 4.80 Å². The Morgan fingerprint density at radius 1 is 1.45 bits per heavy atom. The maximum atomic E-state index is 12.1. The van der Waals surface area contributed by atoms with Gasteiger partial charge in [0.05, 0.1) is 6.04 Å². The Morgan fingerprint density at radius 2 is 2.30 bits per heavy atom. The van der Waals surface area contributed by atoms with Crippen LogP contribution in [-0.2, 0) is 17.8 Å². The van der Waals surface area contributed by atoms with Crippen molar-refractivity contribution in [2.45, 2.75) is 31.8 Å². The highest BCUT2D eigenvalue weighted by Gasteiger charge is 2.21. The van der Waals surface area contributed by atoms with Crippen LogP contribution in [0.2, 0.25) is 0 Å². The molecule has 1 aliphatic carbocycles. The number of carbonyl (C=O) groups is 1. The van der Waals surface area contributed by atoms with E-state index in [1.165, 1.54) is 22.5 Å². The Bertz CT molecular complexity index is 674. The number of hydrogen-bond acceptors (Lipinski definition) is 3. The molecule has 2 N–H and O–H groups in total. The minimum absolute atomic E-state index is 0.0244. The molecule has 5 heteroatoms. The molecule has 3 rings (SSSR count). The van der Waals surface area contributed by atoms with E-state index in [9.17, 15) is 4.79 Å². The van der Waals surface area contributed by atoms with Crippen LogP contribution in [0.5, 0.6) is 0 Å². The summed E-state index contributed by atoms with van der Waals surface area (Å²) in [6.07, 6.45) is 4.97. The third-order valence-corrected chi connectivity index (χ3v) is 4.42. The van der Waals surface area contributed by atoms with Crippen LogP contribution >= 0.6 is 11.3 Å². The first-order valence-electron chi connectivity index (χ1n) is 6.80. The molecule has 0 radical (unpaired) electrons. The van der Waals surface area contributed by atoms with Crippen molar-refractivity contribution in [1.29, 1.82) is 5.41 Å². The zero-order valence-electron chi connectivity index (χ0n) is 11.1. The van der Waals surface area contributed by atoms with Gasteiger partial charge in [0, 0.05) is 11.6 Å². The van der Waals surface area contributed by atoms with Gasteiger partial charge in [0.25, 0.3) is 0 Å². The molecule has 0 bridgehead atoms. The molecule has 0 saturated heterocycles. The van der Waals surface area contributed by atoms with Crippen molar-refractivity contribution in [1.82, 2.24) is 9.88 Å². The van der Waals surface area contributed by atoms with Crippen LogP contribution in [0.25, 0.3) is 0 Å². The van der Waals surface area contributed by atoms with Gasteiger partial charge >= 0.3 is 0 Å². The molecule has 1 atom stereocenters. The van der Waals surface area contributed by atoms with Crippen molar-refractivity contribution in [3.63, 3.8) is 0 Å². The zero-order chi connectivity index (χ0) is 13.9. The van der Waals surface area contributed by atoms with Crippen LogP contribution in [0.4, 0.5) is 0 Å². The number of amides is 1. The molecule has 0 fully saturated rings. The number of benzene rings is 1. The number of fused-ring (bicyclic) bond motifs is 1. The molecule has 20 heavy (non-hydrogen) atoms. The predicted octanol–water partition coefficient (Wildman–Crippen LogP) is 2.22. The van der Waals surface area contributed by atoms with E-state index in [1.54, 1.807) is 10.8 Å². The molecule has 4 nitrogen and oxygen atoms in total. The molecule has 1 amide bonds. The van der Waals surface area contributed by atoms with Crippen LogP contribution in [-0.4, -0.2) is 10.5 Å². The second-order valence-corrected chi connectivity index (χ2v) is 5.94. The molecule has 0 aliphatic heterocycles. The van der Waals surface area contributed by atoms with E-state index >= 15 is 0 Å². The van der Waals surface area contributed by atoms with Crippen molar-refractivity contribution < 1.29 is 4.79 Å². The molecule has 1 aromatic heterocycles. The standard InChI is InChI=1S/C15H17N3OS/c16-15-18(8-9-20-15)10-14(19)17-13-7-3-5-11-4-1-2-6-12(11)13/h1-2,4,6,8-9,13,16H,3,5,7,10H2,(H,17,19)/t13-/m0/s1. The first-order chi connectivity index (χ1) is 9.74. The summed E-state index contributed by atoms with van der Waals surface area (Å²) in [4.78, 5) is 12.5. The summed E-state index contributed by atoms with van der Waals surface area (Å²) in [5.74, 6) is -0.0244.